The van der Waals surface area contributed by atoms with Gasteiger partial charge in [-0.15, -0.1) is 0 Å². The highest BCUT2D eigenvalue weighted by molar-refractivity contribution is 5.86. The van der Waals surface area contributed by atoms with Crippen molar-refractivity contribution in [1.29, 1.82) is 0 Å². The molecule has 0 spiro atoms. The van der Waals surface area contributed by atoms with Crippen LogP contribution in [0.25, 0.3) is 0 Å². The van der Waals surface area contributed by atoms with Crippen molar-refractivity contribution in [1.82, 2.24) is 0 Å². The summed E-state index contributed by atoms with van der Waals surface area (Å²) < 4.78 is 37.4. The lowest BCUT2D eigenvalue weighted by Gasteiger charge is -2.12. The molecule has 8 nitrogen and oxygen atoms in total. The Hall–Kier alpha value is -1.03. The van der Waals surface area contributed by atoms with Gasteiger partial charge >= 0.3 is 5.97 Å². The summed E-state index contributed by atoms with van der Waals surface area (Å²) in [7, 11) is 0. The van der Waals surface area contributed by atoms with Crippen molar-refractivity contribution in [3.63, 3.8) is 0 Å². The van der Waals surface area contributed by atoms with E-state index in [1.165, 1.54) is 0 Å². The molecule has 0 saturated heterocycles. The van der Waals surface area contributed by atoms with Crippen molar-refractivity contribution in [2.45, 2.75) is 39.7 Å². The predicted octanol–water partition coefficient (Wildman–Crippen LogP) is 2.39. The van der Waals surface area contributed by atoms with Gasteiger partial charge in [0.2, 0.25) is 0 Å². The van der Waals surface area contributed by atoms with Gasteiger partial charge in [-0.3, -0.25) is 0 Å². The highest BCUT2D eigenvalue weighted by Crippen LogP contribution is 1.99. The minimum Gasteiger partial charge on any atom is -0.460 e. The fraction of sp³-hybridized carbons (Fsp3) is 0.857. The van der Waals surface area contributed by atoms with E-state index in [0.29, 0.717) is 84.4 Å². The standard InChI is InChI=1S/C21H40O8/c1-5-6-20(4)28-17-15-26-13-11-24-9-7-23-8-10-25-12-14-27-16-18-29-21(22)19(2)3/h20H,2,5-18H2,1,3-4H3. The first-order valence-electron chi connectivity index (χ1n) is 10.4. The van der Waals surface area contributed by atoms with Crippen LogP contribution in [0.2, 0.25) is 0 Å². The van der Waals surface area contributed by atoms with E-state index >= 15 is 0 Å². The molecule has 172 valence electrons. The molecule has 0 radical (unpaired) electrons. The van der Waals surface area contributed by atoms with Crippen LogP contribution in [0.15, 0.2) is 12.2 Å². The Morgan fingerprint density at radius 1 is 0.724 bits per heavy atom. The fourth-order valence-electron chi connectivity index (χ4n) is 2.10. The summed E-state index contributed by atoms with van der Waals surface area (Å²) in [5, 5.41) is 0. The first kappa shape index (κ1) is 28.0. The zero-order valence-electron chi connectivity index (χ0n) is 18.4. The quantitative estimate of drug-likeness (QED) is 0.150. The third-order valence-corrected chi connectivity index (χ3v) is 3.62. The Labute approximate surface area is 175 Å². The highest BCUT2D eigenvalue weighted by Gasteiger charge is 2.02. The lowest BCUT2D eigenvalue weighted by atomic mass is 10.2. The van der Waals surface area contributed by atoms with Gasteiger partial charge < -0.3 is 33.2 Å². The average Bonchev–Trinajstić information content (AvgIpc) is 2.69. The Bertz CT molecular complexity index is 389. The molecule has 0 fully saturated rings. The molecule has 0 aromatic heterocycles. The van der Waals surface area contributed by atoms with Gasteiger partial charge in [-0.25, -0.2) is 4.79 Å². The lowest BCUT2D eigenvalue weighted by molar-refractivity contribution is -0.140. The second-order valence-corrected chi connectivity index (χ2v) is 6.45. The molecule has 0 aliphatic heterocycles. The van der Waals surface area contributed by atoms with E-state index in [9.17, 15) is 4.79 Å². The number of carbonyl (C=O) groups is 1. The molecule has 29 heavy (non-hydrogen) atoms. The van der Waals surface area contributed by atoms with Gasteiger partial charge in [-0.05, 0) is 20.3 Å². The second-order valence-electron chi connectivity index (χ2n) is 6.45. The number of hydrogen-bond donors (Lipinski definition) is 0. The monoisotopic (exact) mass is 420 g/mol. The number of ether oxygens (including phenoxy) is 7. The van der Waals surface area contributed by atoms with Gasteiger partial charge in [0.1, 0.15) is 6.61 Å². The SMILES string of the molecule is C=C(C)C(=O)OCCOCCOCCOCCOCCOCCOC(C)CCC. The molecule has 0 aliphatic carbocycles. The molecule has 1 unspecified atom stereocenters. The Morgan fingerprint density at radius 3 is 1.48 bits per heavy atom. The summed E-state index contributed by atoms with van der Waals surface area (Å²) in [5.41, 5.74) is 0.380. The van der Waals surface area contributed by atoms with Crippen LogP contribution in [-0.2, 0) is 38.0 Å². The predicted molar refractivity (Wildman–Crippen MR) is 110 cm³/mol. The summed E-state index contributed by atoms with van der Waals surface area (Å²) in [5.74, 6) is -0.402. The summed E-state index contributed by atoms with van der Waals surface area (Å²) >= 11 is 0. The Balaban J connectivity index is 3.10. The molecule has 1 atom stereocenters. The van der Waals surface area contributed by atoms with Crippen molar-refractivity contribution in [2.75, 3.05) is 79.3 Å². The number of hydrogen-bond acceptors (Lipinski definition) is 8. The number of rotatable bonds is 22. The van der Waals surface area contributed by atoms with Crippen molar-refractivity contribution >= 4 is 5.97 Å². The molecule has 0 amide bonds. The van der Waals surface area contributed by atoms with Crippen LogP contribution in [0.1, 0.15) is 33.6 Å². The summed E-state index contributed by atoms with van der Waals surface area (Å²) in [4.78, 5) is 11.1. The molecule has 8 heteroatoms. The Kier molecular flexibility index (Phi) is 20.9. The molecule has 0 aliphatic rings. The van der Waals surface area contributed by atoms with E-state index < -0.39 is 5.97 Å². The minimum atomic E-state index is -0.402. The van der Waals surface area contributed by atoms with Crippen LogP contribution in [-0.4, -0.2) is 91.4 Å². The molecule has 0 rings (SSSR count). The van der Waals surface area contributed by atoms with E-state index in [-0.39, 0.29) is 6.61 Å². The smallest absolute Gasteiger partial charge is 0.333 e. The topological polar surface area (TPSA) is 81.7 Å². The van der Waals surface area contributed by atoms with Crippen LogP contribution in [0.5, 0.6) is 0 Å². The maximum atomic E-state index is 11.1. The Morgan fingerprint density at radius 2 is 1.10 bits per heavy atom. The molecule has 0 N–H and O–H groups in total. The van der Waals surface area contributed by atoms with E-state index in [1.54, 1.807) is 6.92 Å². The second kappa shape index (κ2) is 21.7. The van der Waals surface area contributed by atoms with Gasteiger partial charge in [0.25, 0.3) is 0 Å². The summed E-state index contributed by atoms with van der Waals surface area (Å²) in [6.45, 7) is 15.2. The first-order valence-corrected chi connectivity index (χ1v) is 10.4. The molecule has 0 aromatic rings. The zero-order chi connectivity index (χ0) is 21.6. The molecule has 0 heterocycles. The molecular formula is C21H40O8. The van der Waals surface area contributed by atoms with Crippen LogP contribution in [0, 0.1) is 0 Å². The molecule has 0 bridgehead atoms. The van der Waals surface area contributed by atoms with Crippen molar-refractivity contribution in [3.8, 4) is 0 Å². The summed E-state index contributed by atoms with van der Waals surface area (Å²) in [6.07, 6.45) is 2.51. The maximum Gasteiger partial charge on any atom is 0.333 e. The van der Waals surface area contributed by atoms with Crippen molar-refractivity contribution < 1.29 is 38.0 Å². The maximum absolute atomic E-state index is 11.1. The van der Waals surface area contributed by atoms with Crippen molar-refractivity contribution in [3.05, 3.63) is 12.2 Å². The average molecular weight is 421 g/mol. The summed E-state index contributed by atoms with van der Waals surface area (Å²) in [6, 6.07) is 0. The van der Waals surface area contributed by atoms with Gasteiger partial charge in [-0.1, -0.05) is 19.9 Å². The molecule has 0 aromatic carbocycles. The first-order chi connectivity index (χ1) is 14.1. The largest absolute Gasteiger partial charge is 0.460 e. The molecular weight excluding hydrogens is 380 g/mol. The third-order valence-electron chi connectivity index (χ3n) is 3.62. The van der Waals surface area contributed by atoms with Gasteiger partial charge in [0.05, 0.1) is 78.8 Å². The van der Waals surface area contributed by atoms with Crippen molar-refractivity contribution in [2.24, 2.45) is 0 Å². The number of esters is 1. The van der Waals surface area contributed by atoms with Crippen LogP contribution in [0.4, 0.5) is 0 Å². The zero-order valence-corrected chi connectivity index (χ0v) is 18.4. The van der Waals surface area contributed by atoms with Crippen LogP contribution >= 0.6 is 0 Å². The normalized spacial score (nSPS) is 12.1. The molecule has 0 saturated carbocycles. The van der Waals surface area contributed by atoms with E-state index in [2.05, 4.69) is 20.4 Å². The minimum absolute atomic E-state index is 0.214. The van der Waals surface area contributed by atoms with Gasteiger partial charge in [0, 0.05) is 5.57 Å². The van der Waals surface area contributed by atoms with E-state index in [1.807, 2.05) is 0 Å². The van der Waals surface area contributed by atoms with E-state index in [0.717, 1.165) is 12.8 Å². The lowest BCUT2D eigenvalue weighted by Crippen LogP contribution is -2.16. The highest BCUT2D eigenvalue weighted by atomic mass is 16.6. The van der Waals surface area contributed by atoms with Gasteiger partial charge in [0.15, 0.2) is 0 Å². The van der Waals surface area contributed by atoms with Gasteiger partial charge in [-0.2, -0.15) is 0 Å². The van der Waals surface area contributed by atoms with Crippen LogP contribution in [0.3, 0.4) is 0 Å². The third kappa shape index (κ3) is 21.5. The van der Waals surface area contributed by atoms with E-state index in [4.69, 9.17) is 33.2 Å². The fourth-order valence-corrected chi connectivity index (χ4v) is 2.10. The number of carbonyl (C=O) groups excluding carboxylic acids is 1. The van der Waals surface area contributed by atoms with Crippen LogP contribution < -0.4 is 0 Å².